The maximum absolute atomic E-state index is 12.0. The largest absolute Gasteiger partial charge is 0.385 e. The van der Waals surface area contributed by atoms with Crippen LogP contribution >= 0.6 is 0 Å². The van der Waals surface area contributed by atoms with E-state index in [1.165, 1.54) is 11.1 Å². The van der Waals surface area contributed by atoms with Crippen molar-refractivity contribution >= 4 is 11.6 Å². The first kappa shape index (κ1) is 18.0. The molecule has 0 saturated carbocycles. The Balaban J connectivity index is 2.55. The van der Waals surface area contributed by atoms with Crippen LogP contribution in [0.2, 0.25) is 0 Å². The van der Waals surface area contributed by atoms with Crippen LogP contribution in [0.4, 0.5) is 5.69 Å². The number of hydrogen-bond acceptors (Lipinski definition) is 3. The minimum absolute atomic E-state index is 0.0613. The summed E-state index contributed by atoms with van der Waals surface area (Å²) >= 11 is 0. The number of anilines is 1. The number of nitrogens with one attached hydrogen (secondary N) is 1. The molecule has 4 nitrogen and oxygen atoms in total. The molecule has 4 heteroatoms. The predicted molar refractivity (Wildman–Crippen MR) is 94.8 cm³/mol. The molecular formula is C19H30N2O2. The van der Waals surface area contributed by atoms with Gasteiger partial charge in [0.2, 0.25) is 5.91 Å². The molecule has 0 unspecified atom stereocenters. The Morgan fingerprint density at radius 3 is 2.61 bits per heavy atom. The van der Waals surface area contributed by atoms with Gasteiger partial charge < -0.3 is 15.8 Å². The second-order valence-corrected chi connectivity index (χ2v) is 7.31. The molecular weight excluding hydrogens is 288 g/mol. The third kappa shape index (κ3) is 3.75. The van der Waals surface area contributed by atoms with Crippen LogP contribution in [-0.4, -0.2) is 19.6 Å². The zero-order valence-corrected chi connectivity index (χ0v) is 15.0. The average Bonchev–Trinajstić information content (AvgIpc) is 2.46. The number of nitrogens with two attached hydrogens (primary N) is 1. The lowest BCUT2D eigenvalue weighted by Crippen LogP contribution is -2.33. The summed E-state index contributed by atoms with van der Waals surface area (Å²) in [6.45, 7) is 9.22. The molecule has 1 heterocycles. The van der Waals surface area contributed by atoms with Gasteiger partial charge in [0, 0.05) is 37.3 Å². The molecule has 1 amide bonds. The fourth-order valence-corrected chi connectivity index (χ4v) is 3.58. The highest BCUT2D eigenvalue weighted by molar-refractivity contribution is 5.95. The van der Waals surface area contributed by atoms with E-state index in [0.29, 0.717) is 12.3 Å². The highest BCUT2D eigenvalue weighted by Gasteiger charge is 2.33. The molecule has 3 N–H and O–H groups in total. The number of rotatable bonds is 6. The van der Waals surface area contributed by atoms with Gasteiger partial charge in [-0.1, -0.05) is 26.8 Å². The number of benzene rings is 1. The molecule has 1 aliphatic heterocycles. The molecule has 1 aromatic carbocycles. The first-order valence-electron chi connectivity index (χ1n) is 8.52. The van der Waals surface area contributed by atoms with E-state index in [1.807, 2.05) is 6.92 Å². The summed E-state index contributed by atoms with van der Waals surface area (Å²) in [5, 5.41) is 3.02. The summed E-state index contributed by atoms with van der Waals surface area (Å²) in [5.41, 5.74) is 10.6. The molecule has 2 rings (SSSR count). The Kier molecular flexibility index (Phi) is 5.48. The molecule has 128 valence electrons. The smallest absolute Gasteiger partial charge is 0.225 e. The summed E-state index contributed by atoms with van der Waals surface area (Å²) in [7, 11) is 1.74. The topological polar surface area (TPSA) is 64.3 Å². The zero-order chi connectivity index (χ0) is 17.2. The number of amides is 1. The zero-order valence-electron chi connectivity index (χ0n) is 15.0. The van der Waals surface area contributed by atoms with Crippen LogP contribution in [0.1, 0.15) is 75.6 Å². The average molecular weight is 318 g/mol. The lowest BCUT2D eigenvalue weighted by atomic mass is 9.74. The highest BCUT2D eigenvalue weighted by atomic mass is 16.5. The van der Waals surface area contributed by atoms with Crippen LogP contribution in [0.3, 0.4) is 0 Å². The Labute approximate surface area is 139 Å². The summed E-state index contributed by atoms with van der Waals surface area (Å²) in [6, 6.07) is 4.30. The molecule has 0 fully saturated rings. The third-order valence-electron chi connectivity index (χ3n) is 4.92. The summed E-state index contributed by atoms with van der Waals surface area (Å²) < 4.78 is 5.28. The second-order valence-electron chi connectivity index (χ2n) is 7.31. The van der Waals surface area contributed by atoms with E-state index in [9.17, 15) is 4.79 Å². The van der Waals surface area contributed by atoms with Crippen LogP contribution < -0.4 is 11.1 Å². The maximum Gasteiger partial charge on any atom is 0.225 e. The number of methoxy groups -OCH3 is 1. The number of carbonyl (C=O) groups is 1. The molecule has 0 bridgehead atoms. The summed E-state index contributed by atoms with van der Waals surface area (Å²) in [6.07, 6.45) is 2.55. The minimum atomic E-state index is -0.150. The van der Waals surface area contributed by atoms with E-state index in [4.69, 9.17) is 10.5 Å². The van der Waals surface area contributed by atoms with Crippen molar-refractivity contribution in [2.24, 2.45) is 5.73 Å². The van der Waals surface area contributed by atoms with Crippen molar-refractivity contribution in [3.8, 4) is 0 Å². The first-order chi connectivity index (χ1) is 10.8. The number of fused-ring (bicyclic) bond motifs is 1. The van der Waals surface area contributed by atoms with E-state index in [1.54, 1.807) is 7.11 Å². The highest BCUT2D eigenvalue weighted by Crippen LogP contribution is 2.42. The fraction of sp³-hybridized carbons (Fsp3) is 0.632. The maximum atomic E-state index is 12.0. The molecule has 0 aliphatic carbocycles. The fourth-order valence-electron chi connectivity index (χ4n) is 3.58. The SMILES string of the molecule is CC[C@H](CCOC)c1cc2c(cc1[C@@H](C)N)NC(=O)CC2(C)C. The van der Waals surface area contributed by atoms with E-state index in [0.717, 1.165) is 30.7 Å². The summed E-state index contributed by atoms with van der Waals surface area (Å²) in [4.78, 5) is 12.0. The molecule has 1 aromatic rings. The molecule has 23 heavy (non-hydrogen) atoms. The Hall–Kier alpha value is -1.39. The summed E-state index contributed by atoms with van der Waals surface area (Å²) in [5.74, 6) is 0.506. The molecule has 1 aliphatic rings. The number of hydrogen-bond donors (Lipinski definition) is 2. The monoisotopic (exact) mass is 318 g/mol. The number of ether oxygens (including phenoxy) is 1. The van der Waals surface area contributed by atoms with Crippen molar-refractivity contribution in [3.63, 3.8) is 0 Å². The van der Waals surface area contributed by atoms with E-state index in [-0.39, 0.29) is 17.4 Å². The van der Waals surface area contributed by atoms with Gasteiger partial charge in [0.25, 0.3) is 0 Å². The van der Waals surface area contributed by atoms with E-state index >= 15 is 0 Å². The van der Waals surface area contributed by atoms with Gasteiger partial charge in [0.05, 0.1) is 0 Å². The van der Waals surface area contributed by atoms with Gasteiger partial charge in [-0.3, -0.25) is 4.79 Å². The van der Waals surface area contributed by atoms with Gasteiger partial charge in [-0.05, 0) is 48.4 Å². The van der Waals surface area contributed by atoms with Crippen LogP contribution in [-0.2, 0) is 14.9 Å². The van der Waals surface area contributed by atoms with Gasteiger partial charge in [-0.25, -0.2) is 0 Å². The minimum Gasteiger partial charge on any atom is -0.385 e. The molecule has 2 atom stereocenters. The van der Waals surface area contributed by atoms with Crippen LogP contribution in [0.15, 0.2) is 12.1 Å². The normalized spacial score (nSPS) is 19.0. The van der Waals surface area contributed by atoms with Crippen molar-refractivity contribution in [2.45, 2.75) is 64.3 Å². The van der Waals surface area contributed by atoms with E-state index < -0.39 is 0 Å². The van der Waals surface area contributed by atoms with Crippen molar-refractivity contribution in [1.29, 1.82) is 0 Å². The van der Waals surface area contributed by atoms with Gasteiger partial charge in [-0.15, -0.1) is 0 Å². The quantitative estimate of drug-likeness (QED) is 0.837. The van der Waals surface area contributed by atoms with Crippen molar-refractivity contribution in [2.75, 3.05) is 19.0 Å². The molecule has 0 aromatic heterocycles. The van der Waals surface area contributed by atoms with Crippen LogP contribution in [0.5, 0.6) is 0 Å². The van der Waals surface area contributed by atoms with Gasteiger partial charge in [0.15, 0.2) is 0 Å². The number of carbonyl (C=O) groups excluding carboxylic acids is 1. The molecule has 0 radical (unpaired) electrons. The predicted octanol–water partition coefficient (Wildman–Crippen LogP) is 3.86. The van der Waals surface area contributed by atoms with Gasteiger partial charge in [-0.2, -0.15) is 0 Å². The van der Waals surface area contributed by atoms with Crippen molar-refractivity contribution in [3.05, 3.63) is 28.8 Å². The Morgan fingerprint density at radius 1 is 1.35 bits per heavy atom. The van der Waals surface area contributed by atoms with Gasteiger partial charge >= 0.3 is 0 Å². The van der Waals surface area contributed by atoms with Crippen molar-refractivity contribution < 1.29 is 9.53 Å². The van der Waals surface area contributed by atoms with Crippen molar-refractivity contribution in [1.82, 2.24) is 0 Å². The standard InChI is InChI=1S/C19H30N2O2/c1-6-13(7-8-23-5)15-9-16-17(10-14(15)12(2)20)21-18(22)11-19(16,3)4/h9-10,12-13H,6-8,11,20H2,1-5H3,(H,21,22)/t12-,13-/m1/s1. The Bertz CT molecular complexity index is 579. The van der Waals surface area contributed by atoms with E-state index in [2.05, 4.69) is 38.2 Å². The second kappa shape index (κ2) is 7.02. The lowest BCUT2D eigenvalue weighted by Gasteiger charge is -2.34. The lowest BCUT2D eigenvalue weighted by molar-refractivity contribution is -0.117. The molecule has 0 spiro atoms. The van der Waals surface area contributed by atoms with Gasteiger partial charge in [0.1, 0.15) is 0 Å². The van der Waals surface area contributed by atoms with Crippen LogP contribution in [0.25, 0.3) is 0 Å². The van der Waals surface area contributed by atoms with Crippen LogP contribution in [0, 0.1) is 0 Å². The first-order valence-corrected chi connectivity index (χ1v) is 8.52. The third-order valence-corrected chi connectivity index (χ3v) is 4.92. The Morgan fingerprint density at radius 2 is 2.04 bits per heavy atom. The molecule has 0 saturated heterocycles.